The molecule has 0 atom stereocenters. The van der Waals surface area contributed by atoms with Gasteiger partial charge in [0.25, 0.3) is 11.8 Å². The second kappa shape index (κ2) is 8.20. The lowest BCUT2D eigenvalue weighted by Crippen LogP contribution is -2.29. The summed E-state index contributed by atoms with van der Waals surface area (Å²) in [5.41, 5.74) is 2.02. The zero-order valence-corrected chi connectivity index (χ0v) is 18.0. The monoisotopic (exact) mass is 466 g/mol. The summed E-state index contributed by atoms with van der Waals surface area (Å²) in [5.74, 6) is 1.13. The van der Waals surface area contributed by atoms with E-state index in [0.29, 0.717) is 50.8 Å². The standard InChI is InChI=1S/C23H19BrN2O4/c1-3-26-19-6-4-5-7-21(19)30-20-11-8-14(12-17(20)23(26)28)25-22(27)16-13-15(29-2)9-10-18(16)24/h4-13H,3H2,1-2H3,(H,25,27). The average molecular weight is 467 g/mol. The molecule has 0 saturated carbocycles. The molecule has 6 nitrogen and oxygen atoms in total. The van der Waals surface area contributed by atoms with Crippen molar-refractivity contribution in [3.63, 3.8) is 0 Å². The molecule has 7 heteroatoms. The van der Waals surface area contributed by atoms with Gasteiger partial charge >= 0.3 is 0 Å². The number of anilines is 2. The first kappa shape index (κ1) is 20.0. The highest BCUT2D eigenvalue weighted by molar-refractivity contribution is 9.10. The Morgan fingerprint density at radius 2 is 1.90 bits per heavy atom. The molecule has 0 aliphatic carbocycles. The average Bonchev–Trinajstić information content (AvgIpc) is 2.87. The number of rotatable bonds is 4. The molecular formula is C23H19BrN2O4. The summed E-state index contributed by atoms with van der Waals surface area (Å²) in [7, 11) is 1.54. The quantitative estimate of drug-likeness (QED) is 0.552. The van der Waals surface area contributed by atoms with Crippen LogP contribution in [0.15, 0.2) is 65.1 Å². The fourth-order valence-corrected chi connectivity index (χ4v) is 3.75. The number of nitrogens with zero attached hydrogens (tertiary/aromatic N) is 1. The highest BCUT2D eigenvalue weighted by Crippen LogP contribution is 2.39. The Balaban J connectivity index is 1.67. The number of hydrogen-bond acceptors (Lipinski definition) is 4. The molecule has 1 N–H and O–H groups in total. The molecule has 0 bridgehead atoms. The maximum Gasteiger partial charge on any atom is 0.262 e. The van der Waals surface area contributed by atoms with Crippen LogP contribution in [0.2, 0.25) is 0 Å². The number of ether oxygens (including phenoxy) is 2. The molecule has 3 aromatic rings. The Morgan fingerprint density at radius 1 is 1.10 bits per heavy atom. The number of carbonyl (C=O) groups is 2. The van der Waals surface area contributed by atoms with E-state index in [2.05, 4.69) is 21.2 Å². The number of methoxy groups -OCH3 is 1. The van der Waals surface area contributed by atoms with Gasteiger partial charge in [0.2, 0.25) is 0 Å². The highest BCUT2D eigenvalue weighted by Gasteiger charge is 2.27. The van der Waals surface area contributed by atoms with Gasteiger partial charge in [-0.15, -0.1) is 0 Å². The lowest BCUT2D eigenvalue weighted by atomic mass is 10.1. The van der Waals surface area contributed by atoms with E-state index in [9.17, 15) is 9.59 Å². The first-order valence-electron chi connectivity index (χ1n) is 9.39. The van der Waals surface area contributed by atoms with Crippen LogP contribution in [0.4, 0.5) is 11.4 Å². The van der Waals surface area contributed by atoms with Crippen molar-refractivity contribution in [2.24, 2.45) is 0 Å². The molecule has 0 fully saturated rings. The molecule has 3 aromatic carbocycles. The summed E-state index contributed by atoms with van der Waals surface area (Å²) in [6, 6.07) is 17.6. The summed E-state index contributed by atoms with van der Waals surface area (Å²) < 4.78 is 11.8. The van der Waals surface area contributed by atoms with E-state index in [1.54, 1.807) is 48.4 Å². The summed E-state index contributed by atoms with van der Waals surface area (Å²) in [6.45, 7) is 2.40. The molecule has 4 rings (SSSR count). The topological polar surface area (TPSA) is 67.9 Å². The predicted molar refractivity (Wildman–Crippen MR) is 119 cm³/mol. The van der Waals surface area contributed by atoms with Crippen molar-refractivity contribution in [2.45, 2.75) is 6.92 Å². The molecule has 0 unspecified atom stereocenters. The maximum atomic E-state index is 13.2. The number of benzene rings is 3. The Kier molecular flexibility index (Phi) is 5.46. The van der Waals surface area contributed by atoms with Crippen LogP contribution < -0.4 is 19.7 Å². The normalized spacial score (nSPS) is 12.4. The Bertz CT molecular complexity index is 1150. The number of para-hydroxylation sites is 2. The number of halogens is 1. The van der Waals surface area contributed by atoms with E-state index < -0.39 is 0 Å². The molecule has 2 amide bonds. The van der Waals surface area contributed by atoms with E-state index in [1.807, 2.05) is 31.2 Å². The minimum absolute atomic E-state index is 0.184. The second-order valence-electron chi connectivity index (χ2n) is 6.63. The Morgan fingerprint density at radius 3 is 2.67 bits per heavy atom. The summed E-state index contributed by atoms with van der Waals surface area (Å²) >= 11 is 3.39. The number of nitrogens with one attached hydrogen (secondary N) is 1. The first-order chi connectivity index (χ1) is 14.5. The van der Waals surface area contributed by atoms with Crippen LogP contribution in [0.3, 0.4) is 0 Å². The molecule has 1 aliphatic rings. The third-order valence-electron chi connectivity index (χ3n) is 4.82. The van der Waals surface area contributed by atoms with Gasteiger partial charge in [-0.2, -0.15) is 0 Å². The van der Waals surface area contributed by atoms with Crippen LogP contribution in [0.5, 0.6) is 17.2 Å². The van der Waals surface area contributed by atoms with Crippen molar-refractivity contribution in [2.75, 3.05) is 23.9 Å². The van der Waals surface area contributed by atoms with E-state index in [0.717, 1.165) is 0 Å². The molecule has 1 heterocycles. The second-order valence-corrected chi connectivity index (χ2v) is 7.48. The van der Waals surface area contributed by atoms with Crippen LogP contribution in [0.25, 0.3) is 0 Å². The van der Waals surface area contributed by atoms with Crippen molar-refractivity contribution < 1.29 is 19.1 Å². The molecule has 0 spiro atoms. The fraction of sp³-hybridized carbons (Fsp3) is 0.130. The maximum absolute atomic E-state index is 13.2. The molecule has 0 saturated heterocycles. The van der Waals surface area contributed by atoms with Crippen LogP contribution in [0.1, 0.15) is 27.6 Å². The molecule has 30 heavy (non-hydrogen) atoms. The van der Waals surface area contributed by atoms with E-state index in [-0.39, 0.29) is 11.8 Å². The van der Waals surface area contributed by atoms with E-state index in [4.69, 9.17) is 9.47 Å². The summed E-state index contributed by atoms with van der Waals surface area (Å²) in [4.78, 5) is 27.6. The van der Waals surface area contributed by atoms with Gasteiger partial charge in [-0.1, -0.05) is 12.1 Å². The van der Waals surface area contributed by atoms with Crippen LogP contribution in [-0.2, 0) is 0 Å². The Labute approximate surface area is 182 Å². The number of hydrogen-bond donors (Lipinski definition) is 1. The zero-order chi connectivity index (χ0) is 21.3. The van der Waals surface area contributed by atoms with Crippen molar-refractivity contribution in [3.05, 3.63) is 76.3 Å². The largest absolute Gasteiger partial charge is 0.497 e. The lowest BCUT2D eigenvalue weighted by Gasteiger charge is -2.19. The predicted octanol–water partition coefficient (Wildman–Crippen LogP) is 5.48. The third-order valence-corrected chi connectivity index (χ3v) is 5.51. The van der Waals surface area contributed by atoms with Crippen molar-refractivity contribution >= 4 is 39.1 Å². The van der Waals surface area contributed by atoms with Crippen LogP contribution in [-0.4, -0.2) is 25.5 Å². The first-order valence-corrected chi connectivity index (χ1v) is 10.2. The van der Waals surface area contributed by atoms with E-state index >= 15 is 0 Å². The number of fused-ring (bicyclic) bond motifs is 2. The minimum atomic E-state index is -0.321. The van der Waals surface area contributed by atoms with Crippen LogP contribution >= 0.6 is 15.9 Å². The molecule has 0 radical (unpaired) electrons. The molecule has 0 aromatic heterocycles. The van der Waals surface area contributed by atoms with Gasteiger partial charge < -0.3 is 19.7 Å². The van der Waals surface area contributed by atoms with Crippen molar-refractivity contribution in [3.8, 4) is 17.2 Å². The van der Waals surface area contributed by atoms with Gasteiger partial charge in [0.05, 0.1) is 23.9 Å². The molecule has 1 aliphatic heterocycles. The van der Waals surface area contributed by atoms with Gasteiger partial charge in [-0.3, -0.25) is 9.59 Å². The number of amides is 2. The van der Waals surface area contributed by atoms with Gasteiger partial charge in [0, 0.05) is 16.7 Å². The Hall–Kier alpha value is -3.32. The van der Waals surface area contributed by atoms with Gasteiger partial charge in [-0.05, 0) is 71.4 Å². The summed E-state index contributed by atoms with van der Waals surface area (Å²) in [5, 5.41) is 2.84. The van der Waals surface area contributed by atoms with Gasteiger partial charge in [0.1, 0.15) is 11.5 Å². The number of carbonyl (C=O) groups excluding carboxylic acids is 2. The zero-order valence-electron chi connectivity index (χ0n) is 16.4. The van der Waals surface area contributed by atoms with E-state index in [1.165, 1.54) is 0 Å². The van der Waals surface area contributed by atoms with Crippen molar-refractivity contribution in [1.82, 2.24) is 0 Å². The molecular weight excluding hydrogens is 448 g/mol. The van der Waals surface area contributed by atoms with Gasteiger partial charge in [0.15, 0.2) is 5.75 Å². The summed E-state index contributed by atoms with van der Waals surface area (Å²) in [6.07, 6.45) is 0. The van der Waals surface area contributed by atoms with Crippen LogP contribution in [0, 0.1) is 0 Å². The van der Waals surface area contributed by atoms with Gasteiger partial charge in [-0.25, -0.2) is 0 Å². The smallest absolute Gasteiger partial charge is 0.262 e. The van der Waals surface area contributed by atoms with Crippen molar-refractivity contribution in [1.29, 1.82) is 0 Å². The molecule has 152 valence electrons. The fourth-order valence-electron chi connectivity index (χ4n) is 3.32. The highest BCUT2D eigenvalue weighted by atomic mass is 79.9. The SMILES string of the molecule is CCN1C(=O)c2cc(NC(=O)c3cc(OC)ccc3Br)ccc2Oc2ccccc21. The lowest BCUT2D eigenvalue weighted by molar-refractivity contribution is 0.0985. The third kappa shape index (κ3) is 3.64. The minimum Gasteiger partial charge on any atom is -0.497 e.